The first kappa shape index (κ1) is 11.5. The molecule has 0 bridgehead atoms. The molecule has 2 N–H and O–H groups in total. The molecule has 0 spiro atoms. The van der Waals surface area contributed by atoms with Gasteiger partial charge in [-0.2, -0.15) is 0 Å². The molecular weight excluding hydrogens is 204 g/mol. The van der Waals surface area contributed by atoms with Crippen LogP contribution in [0.2, 0.25) is 0 Å². The fourth-order valence-electron chi connectivity index (χ4n) is 2.46. The number of H-pyrrole nitrogens is 1. The van der Waals surface area contributed by atoms with Gasteiger partial charge >= 0.3 is 0 Å². The van der Waals surface area contributed by atoms with Gasteiger partial charge in [-0.25, -0.2) is 4.68 Å². The average Bonchev–Trinajstić information content (AvgIpc) is 2.47. The quantitative estimate of drug-likeness (QED) is 0.713. The molecule has 2 unspecified atom stereocenters. The van der Waals surface area contributed by atoms with Gasteiger partial charge in [0.15, 0.2) is 0 Å². The topological polar surface area (TPSA) is 58.0 Å². The molecule has 0 radical (unpaired) electrons. The lowest BCUT2D eigenvalue weighted by Gasteiger charge is -2.20. The molecule has 1 aromatic rings. The highest BCUT2D eigenvalue weighted by Crippen LogP contribution is 2.26. The Morgan fingerprint density at radius 3 is 2.56 bits per heavy atom. The summed E-state index contributed by atoms with van der Waals surface area (Å²) in [5.41, 5.74) is 1.68. The highest BCUT2D eigenvalue weighted by molar-refractivity contribution is 5.13. The first-order valence-electron chi connectivity index (χ1n) is 6.07. The van der Waals surface area contributed by atoms with Gasteiger partial charge in [0.25, 0.3) is 5.56 Å². The molecule has 2 rings (SSSR count). The van der Waals surface area contributed by atoms with Crippen LogP contribution in [0.3, 0.4) is 0 Å². The Hall–Kier alpha value is -1.03. The Bertz CT molecular complexity index is 419. The van der Waals surface area contributed by atoms with Crippen molar-refractivity contribution in [3.8, 4) is 0 Å². The number of aliphatic hydroxyl groups is 1. The van der Waals surface area contributed by atoms with Crippen LogP contribution in [-0.4, -0.2) is 21.0 Å². The minimum atomic E-state index is -0.391. The van der Waals surface area contributed by atoms with Crippen LogP contribution in [0.15, 0.2) is 4.79 Å². The summed E-state index contributed by atoms with van der Waals surface area (Å²) in [6.45, 7) is 3.73. The van der Waals surface area contributed by atoms with Crippen LogP contribution >= 0.6 is 0 Å². The fourth-order valence-corrected chi connectivity index (χ4v) is 2.46. The molecule has 2 atom stereocenters. The minimum absolute atomic E-state index is 0.0171. The van der Waals surface area contributed by atoms with E-state index >= 15 is 0 Å². The molecule has 16 heavy (non-hydrogen) atoms. The average molecular weight is 224 g/mol. The van der Waals surface area contributed by atoms with Crippen molar-refractivity contribution in [1.82, 2.24) is 9.78 Å². The lowest BCUT2D eigenvalue weighted by molar-refractivity contribution is 0.0972. The normalized spacial score (nSPS) is 26.7. The van der Waals surface area contributed by atoms with Gasteiger partial charge < -0.3 is 5.11 Å². The van der Waals surface area contributed by atoms with Crippen LogP contribution < -0.4 is 5.56 Å². The summed E-state index contributed by atoms with van der Waals surface area (Å²) in [5, 5.41) is 13.1. The smallest absolute Gasteiger partial charge is 0.269 e. The number of nitrogens with zero attached hydrogens (tertiary/aromatic N) is 1. The van der Waals surface area contributed by atoms with Crippen molar-refractivity contribution < 1.29 is 5.11 Å². The number of aliphatic hydroxyl groups excluding tert-OH is 1. The number of aromatic nitrogens is 2. The molecule has 4 nitrogen and oxygen atoms in total. The van der Waals surface area contributed by atoms with Crippen LogP contribution in [0.25, 0.3) is 0 Å². The molecule has 0 aliphatic heterocycles. The second kappa shape index (κ2) is 4.45. The predicted molar refractivity (Wildman–Crippen MR) is 62.7 cm³/mol. The summed E-state index contributed by atoms with van der Waals surface area (Å²) in [4.78, 5) is 12.0. The van der Waals surface area contributed by atoms with E-state index in [0.29, 0.717) is 0 Å². The van der Waals surface area contributed by atoms with Crippen molar-refractivity contribution in [3.63, 3.8) is 0 Å². The zero-order valence-corrected chi connectivity index (χ0v) is 9.99. The first-order valence-corrected chi connectivity index (χ1v) is 6.07. The van der Waals surface area contributed by atoms with Gasteiger partial charge in [-0.1, -0.05) is 19.3 Å². The van der Waals surface area contributed by atoms with Gasteiger partial charge in [0, 0.05) is 11.3 Å². The number of nitrogens with one attached hydrogen (secondary N) is 1. The molecule has 0 saturated heterocycles. The second-order valence-corrected chi connectivity index (χ2v) is 4.81. The first-order chi connectivity index (χ1) is 7.61. The SMILES string of the molecule is Cc1[nH]n(C2CCCCCC2O)c(=O)c1C. The molecule has 90 valence electrons. The summed E-state index contributed by atoms with van der Waals surface area (Å²) in [6, 6.07) is -0.0672. The molecule has 1 heterocycles. The van der Waals surface area contributed by atoms with Crippen LogP contribution in [-0.2, 0) is 0 Å². The van der Waals surface area contributed by atoms with Crippen molar-refractivity contribution in [2.45, 2.75) is 58.1 Å². The summed E-state index contributed by atoms with van der Waals surface area (Å²) < 4.78 is 1.63. The Morgan fingerprint density at radius 1 is 1.25 bits per heavy atom. The van der Waals surface area contributed by atoms with E-state index in [1.807, 2.05) is 13.8 Å². The molecule has 4 heteroatoms. The molecule has 0 amide bonds. The third-order valence-corrected chi connectivity index (χ3v) is 3.67. The molecule has 1 aliphatic carbocycles. The monoisotopic (exact) mass is 224 g/mol. The number of aromatic amines is 1. The van der Waals surface area contributed by atoms with Gasteiger partial charge in [0.05, 0.1) is 12.1 Å². The highest BCUT2D eigenvalue weighted by Gasteiger charge is 2.25. The zero-order valence-electron chi connectivity index (χ0n) is 9.99. The molecule has 1 aliphatic rings. The largest absolute Gasteiger partial charge is 0.391 e. The van der Waals surface area contributed by atoms with Crippen molar-refractivity contribution >= 4 is 0 Å². The van der Waals surface area contributed by atoms with Gasteiger partial charge in [-0.3, -0.25) is 9.89 Å². The maximum absolute atomic E-state index is 12.0. The maximum Gasteiger partial charge on any atom is 0.269 e. The summed E-state index contributed by atoms with van der Waals surface area (Å²) in [7, 11) is 0. The molecule has 0 aromatic carbocycles. The van der Waals surface area contributed by atoms with Gasteiger partial charge in [0.2, 0.25) is 0 Å². The summed E-state index contributed by atoms with van der Waals surface area (Å²) in [6.07, 6.45) is 4.60. The van der Waals surface area contributed by atoms with Gasteiger partial charge in [0.1, 0.15) is 0 Å². The number of aryl methyl sites for hydroxylation is 1. The van der Waals surface area contributed by atoms with E-state index in [0.717, 1.165) is 43.4 Å². The zero-order chi connectivity index (χ0) is 11.7. The maximum atomic E-state index is 12.0. The van der Waals surface area contributed by atoms with E-state index in [4.69, 9.17) is 0 Å². The number of hydrogen-bond acceptors (Lipinski definition) is 2. The van der Waals surface area contributed by atoms with E-state index < -0.39 is 6.10 Å². The fraction of sp³-hybridized carbons (Fsp3) is 0.750. The van der Waals surface area contributed by atoms with Crippen LogP contribution in [0.5, 0.6) is 0 Å². The van der Waals surface area contributed by atoms with Crippen LogP contribution in [0.4, 0.5) is 0 Å². The minimum Gasteiger partial charge on any atom is -0.391 e. The summed E-state index contributed by atoms with van der Waals surface area (Å²) in [5.74, 6) is 0. The molecular formula is C12H20N2O2. The molecule has 1 saturated carbocycles. The van der Waals surface area contributed by atoms with E-state index in [2.05, 4.69) is 5.10 Å². The van der Waals surface area contributed by atoms with Crippen molar-refractivity contribution in [1.29, 1.82) is 0 Å². The van der Waals surface area contributed by atoms with E-state index in [-0.39, 0.29) is 11.6 Å². The standard InChI is InChI=1S/C12H20N2O2/c1-8-9(2)13-14(12(8)16)10-6-4-3-5-7-11(10)15/h10-11,13,15H,3-7H2,1-2H3. The lowest BCUT2D eigenvalue weighted by atomic mass is 10.1. The number of hydrogen-bond donors (Lipinski definition) is 2. The highest BCUT2D eigenvalue weighted by atomic mass is 16.3. The lowest BCUT2D eigenvalue weighted by Crippen LogP contribution is -2.31. The third-order valence-electron chi connectivity index (χ3n) is 3.67. The Labute approximate surface area is 95.3 Å². The van der Waals surface area contributed by atoms with Crippen molar-refractivity contribution in [2.24, 2.45) is 0 Å². The van der Waals surface area contributed by atoms with E-state index in [1.165, 1.54) is 0 Å². The van der Waals surface area contributed by atoms with Crippen LogP contribution in [0, 0.1) is 13.8 Å². The van der Waals surface area contributed by atoms with Gasteiger partial charge in [-0.15, -0.1) is 0 Å². The van der Waals surface area contributed by atoms with Crippen molar-refractivity contribution in [3.05, 3.63) is 21.6 Å². The van der Waals surface area contributed by atoms with Gasteiger partial charge in [-0.05, 0) is 26.7 Å². The molecule has 1 aromatic heterocycles. The van der Waals surface area contributed by atoms with Crippen molar-refractivity contribution in [2.75, 3.05) is 0 Å². The Morgan fingerprint density at radius 2 is 1.94 bits per heavy atom. The number of rotatable bonds is 1. The Kier molecular flexibility index (Phi) is 3.19. The second-order valence-electron chi connectivity index (χ2n) is 4.81. The summed E-state index contributed by atoms with van der Waals surface area (Å²) >= 11 is 0. The van der Waals surface area contributed by atoms with E-state index in [9.17, 15) is 9.90 Å². The predicted octanol–water partition coefficient (Wildman–Crippen LogP) is 1.66. The van der Waals surface area contributed by atoms with E-state index in [1.54, 1.807) is 4.68 Å². The third kappa shape index (κ3) is 1.94. The Balaban J connectivity index is 2.34. The van der Waals surface area contributed by atoms with Crippen LogP contribution in [0.1, 0.15) is 49.4 Å². The molecule has 1 fully saturated rings.